The second-order valence-corrected chi connectivity index (χ2v) is 6.43. The first kappa shape index (κ1) is 12.9. The summed E-state index contributed by atoms with van der Waals surface area (Å²) in [5, 5.41) is 13.4. The van der Waals surface area contributed by atoms with E-state index < -0.39 is 0 Å². The van der Waals surface area contributed by atoms with Gasteiger partial charge in [0, 0.05) is 10.6 Å². The summed E-state index contributed by atoms with van der Waals surface area (Å²) in [7, 11) is 0. The lowest BCUT2D eigenvalue weighted by molar-refractivity contribution is 0.521. The summed E-state index contributed by atoms with van der Waals surface area (Å²) < 4.78 is 1.78. The van der Waals surface area contributed by atoms with Crippen LogP contribution in [0.15, 0.2) is 35.5 Å². The molecular formula is C13H15ClN4S. The van der Waals surface area contributed by atoms with Crippen molar-refractivity contribution in [2.45, 2.75) is 41.5 Å². The number of rotatable bonds is 3. The van der Waals surface area contributed by atoms with Crippen molar-refractivity contribution in [2.75, 3.05) is 0 Å². The molecule has 0 spiro atoms. The molecule has 0 unspecified atom stereocenters. The van der Waals surface area contributed by atoms with Crippen LogP contribution >= 0.6 is 23.4 Å². The van der Waals surface area contributed by atoms with E-state index in [1.807, 2.05) is 30.3 Å². The molecule has 0 amide bonds. The number of hydrogen-bond acceptors (Lipinski definition) is 4. The highest BCUT2D eigenvalue weighted by atomic mass is 35.5. The second kappa shape index (κ2) is 5.92. The third-order valence-electron chi connectivity index (χ3n) is 3.32. The highest BCUT2D eigenvalue weighted by molar-refractivity contribution is 7.99. The predicted octanol–water partition coefficient (Wildman–Crippen LogP) is 3.30. The molecule has 1 aliphatic rings. The molecule has 6 heteroatoms. The fourth-order valence-electron chi connectivity index (χ4n) is 2.30. The van der Waals surface area contributed by atoms with Crippen LogP contribution in [0, 0.1) is 0 Å². The first-order chi connectivity index (χ1) is 9.34. The van der Waals surface area contributed by atoms with Gasteiger partial charge in [0.05, 0.1) is 5.69 Å². The van der Waals surface area contributed by atoms with E-state index in [1.54, 1.807) is 16.4 Å². The number of tetrazole rings is 1. The monoisotopic (exact) mass is 294 g/mol. The molecular weight excluding hydrogens is 280 g/mol. The third kappa shape index (κ3) is 2.92. The molecule has 0 saturated heterocycles. The number of halogens is 1. The average molecular weight is 295 g/mol. The van der Waals surface area contributed by atoms with Gasteiger partial charge >= 0.3 is 0 Å². The van der Waals surface area contributed by atoms with Crippen LogP contribution in [0.3, 0.4) is 0 Å². The van der Waals surface area contributed by atoms with Crippen molar-refractivity contribution in [1.82, 2.24) is 20.2 Å². The highest BCUT2D eigenvalue weighted by Crippen LogP contribution is 2.35. The van der Waals surface area contributed by atoms with Crippen LogP contribution in [0.25, 0.3) is 5.69 Å². The van der Waals surface area contributed by atoms with Crippen LogP contribution in [0.5, 0.6) is 0 Å². The lowest BCUT2D eigenvalue weighted by Crippen LogP contribution is -2.22. The molecule has 2 aromatic rings. The number of nitrogens with zero attached hydrogens (tertiary/aromatic N) is 4. The van der Waals surface area contributed by atoms with Crippen LogP contribution in [0.2, 0.25) is 0 Å². The van der Waals surface area contributed by atoms with E-state index in [0.717, 1.165) is 23.7 Å². The Balaban J connectivity index is 1.81. The van der Waals surface area contributed by atoms with Gasteiger partial charge in [-0.15, -0.1) is 16.7 Å². The molecule has 1 aromatic carbocycles. The number of alkyl halides is 1. The van der Waals surface area contributed by atoms with Gasteiger partial charge in [-0.2, -0.15) is 4.68 Å². The van der Waals surface area contributed by atoms with Crippen molar-refractivity contribution in [3.63, 3.8) is 0 Å². The van der Waals surface area contributed by atoms with Crippen LogP contribution in [0.1, 0.15) is 25.7 Å². The molecule has 1 aliphatic carbocycles. The van der Waals surface area contributed by atoms with E-state index in [0.29, 0.717) is 5.25 Å². The van der Waals surface area contributed by atoms with Crippen LogP contribution in [0.4, 0.5) is 0 Å². The summed E-state index contributed by atoms with van der Waals surface area (Å²) in [6.07, 6.45) is 4.70. The first-order valence-corrected chi connectivity index (χ1v) is 7.81. The van der Waals surface area contributed by atoms with Crippen molar-refractivity contribution in [1.29, 1.82) is 0 Å². The topological polar surface area (TPSA) is 43.6 Å². The Hall–Kier alpha value is -1.07. The standard InChI is InChI=1S/C13H15ClN4S/c14-11-8-4-5-9-12(11)19-13-15-16-17-18(13)10-6-2-1-3-7-10/h1-3,6-7,11-12H,4-5,8-9H2/t11-,12-/m1/s1. The van der Waals surface area contributed by atoms with Gasteiger partial charge in [-0.05, 0) is 35.4 Å². The molecule has 0 aliphatic heterocycles. The average Bonchev–Trinajstić information content (AvgIpc) is 2.91. The zero-order valence-electron chi connectivity index (χ0n) is 10.4. The summed E-state index contributed by atoms with van der Waals surface area (Å²) in [6, 6.07) is 9.95. The maximum absolute atomic E-state index is 6.40. The van der Waals surface area contributed by atoms with E-state index in [1.165, 1.54) is 12.8 Å². The first-order valence-electron chi connectivity index (χ1n) is 6.49. The summed E-state index contributed by atoms with van der Waals surface area (Å²) in [6.45, 7) is 0. The number of benzene rings is 1. The minimum Gasteiger partial charge on any atom is -0.188 e. The van der Waals surface area contributed by atoms with Crippen molar-refractivity contribution >= 4 is 23.4 Å². The Morgan fingerprint density at radius 3 is 2.74 bits per heavy atom. The Bertz CT molecular complexity index is 530. The summed E-state index contributed by atoms with van der Waals surface area (Å²) in [5.41, 5.74) is 0.983. The fraction of sp³-hybridized carbons (Fsp3) is 0.462. The molecule has 19 heavy (non-hydrogen) atoms. The van der Waals surface area contributed by atoms with E-state index in [9.17, 15) is 0 Å². The SMILES string of the molecule is Cl[C@@H]1CCCC[C@H]1Sc1nnnn1-c1ccccc1. The van der Waals surface area contributed by atoms with E-state index in [2.05, 4.69) is 15.5 Å². The minimum atomic E-state index is 0.222. The Kier molecular flexibility index (Phi) is 4.03. The molecule has 4 nitrogen and oxygen atoms in total. The van der Waals surface area contributed by atoms with Gasteiger partial charge in [-0.25, -0.2) is 0 Å². The molecule has 2 atom stereocenters. The van der Waals surface area contributed by atoms with Crippen molar-refractivity contribution < 1.29 is 0 Å². The number of thioether (sulfide) groups is 1. The van der Waals surface area contributed by atoms with Gasteiger partial charge in [0.2, 0.25) is 5.16 Å². The van der Waals surface area contributed by atoms with E-state index >= 15 is 0 Å². The molecule has 1 fully saturated rings. The minimum absolute atomic E-state index is 0.222. The quantitative estimate of drug-likeness (QED) is 0.815. The highest BCUT2D eigenvalue weighted by Gasteiger charge is 2.26. The lowest BCUT2D eigenvalue weighted by Gasteiger charge is -2.25. The van der Waals surface area contributed by atoms with Gasteiger partial charge in [0.25, 0.3) is 0 Å². The Morgan fingerprint density at radius 1 is 1.16 bits per heavy atom. The molecule has 1 aromatic heterocycles. The van der Waals surface area contributed by atoms with Gasteiger partial charge < -0.3 is 0 Å². The Labute approximate surface area is 121 Å². The second-order valence-electron chi connectivity index (χ2n) is 4.67. The van der Waals surface area contributed by atoms with Gasteiger partial charge in [-0.1, -0.05) is 42.8 Å². The summed E-state index contributed by atoms with van der Waals surface area (Å²) >= 11 is 8.09. The van der Waals surface area contributed by atoms with E-state index in [-0.39, 0.29) is 5.38 Å². The van der Waals surface area contributed by atoms with Crippen molar-refractivity contribution in [3.05, 3.63) is 30.3 Å². The maximum Gasteiger partial charge on any atom is 0.214 e. The molecule has 3 rings (SSSR count). The van der Waals surface area contributed by atoms with E-state index in [4.69, 9.17) is 11.6 Å². The molecule has 0 N–H and O–H groups in total. The third-order valence-corrected chi connectivity index (χ3v) is 5.32. The van der Waals surface area contributed by atoms with Crippen LogP contribution in [-0.2, 0) is 0 Å². The maximum atomic E-state index is 6.40. The number of hydrogen-bond donors (Lipinski definition) is 0. The summed E-state index contributed by atoms with van der Waals surface area (Å²) in [5.74, 6) is 0. The van der Waals surface area contributed by atoms with Crippen molar-refractivity contribution in [2.24, 2.45) is 0 Å². The fourth-order valence-corrected chi connectivity index (χ4v) is 3.90. The van der Waals surface area contributed by atoms with Gasteiger partial charge in [0.1, 0.15) is 0 Å². The molecule has 0 bridgehead atoms. The number of aromatic nitrogens is 4. The lowest BCUT2D eigenvalue weighted by atomic mass is 10.00. The van der Waals surface area contributed by atoms with Crippen LogP contribution in [-0.4, -0.2) is 30.8 Å². The smallest absolute Gasteiger partial charge is 0.188 e. The predicted molar refractivity (Wildman–Crippen MR) is 76.9 cm³/mol. The molecule has 1 heterocycles. The zero-order valence-corrected chi connectivity index (χ0v) is 12.0. The number of para-hydroxylation sites is 1. The van der Waals surface area contributed by atoms with Crippen LogP contribution < -0.4 is 0 Å². The normalized spacial score (nSPS) is 23.4. The summed E-state index contributed by atoms with van der Waals surface area (Å²) in [4.78, 5) is 0. The van der Waals surface area contributed by atoms with Gasteiger partial charge in [-0.3, -0.25) is 0 Å². The Morgan fingerprint density at radius 2 is 1.95 bits per heavy atom. The molecule has 0 radical (unpaired) electrons. The largest absolute Gasteiger partial charge is 0.214 e. The molecule has 100 valence electrons. The van der Waals surface area contributed by atoms with Gasteiger partial charge in [0.15, 0.2) is 0 Å². The van der Waals surface area contributed by atoms with Crippen molar-refractivity contribution in [3.8, 4) is 5.69 Å². The zero-order chi connectivity index (χ0) is 13.1. The molecule has 1 saturated carbocycles.